The lowest BCUT2D eigenvalue weighted by Crippen LogP contribution is -2.31. The number of β-amino-alcohol motifs (C(OH)–C–C–N with tert-alkyl or cyclic N) is 1. The minimum Gasteiger partial charge on any atom is -0.466 e. The monoisotopic (exact) mass is 428 g/mol. The molecule has 0 saturated carbocycles. The van der Waals surface area contributed by atoms with Crippen LogP contribution in [-0.4, -0.2) is 61.8 Å². The van der Waals surface area contributed by atoms with E-state index in [1.165, 1.54) is 31.3 Å². The predicted molar refractivity (Wildman–Crippen MR) is 110 cm³/mol. The van der Waals surface area contributed by atoms with Crippen molar-refractivity contribution in [2.45, 2.75) is 0 Å². The largest absolute Gasteiger partial charge is 0.466 e. The molecule has 0 aliphatic carbocycles. The van der Waals surface area contributed by atoms with Gasteiger partial charge in [-0.1, -0.05) is 18.2 Å². The number of methoxy groups -OCH3 is 2. The molecule has 2 aromatic carbocycles. The molecule has 9 heteroatoms. The SMILES string of the molecule is COC(=O)C1=C(Nc2ccc(-c3ccc(C(=O)OC)c(F)c3)cc2)C(=O)N(CCO)C1. The third kappa shape index (κ3) is 4.56. The fraction of sp³-hybridized carbons (Fsp3) is 0.227. The van der Waals surface area contributed by atoms with E-state index in [1.54, 1.807) is 30.3 Å². The number of rotatable bonds is 7. The lowest BCUT2D eigenvalue weighted by molar-refractivity contribution is -0.136. The summed E-state index contributed by atoms with van der Waals surface area (Å²) in [6.45, 7) is -0.0949. The quantitative estimate of drug-likeness (QED) is 0.650. The summed E-state index contributed by atoms with van der Waals surface area (Å²) >= 11 is 0. The van der Waals surface area contributed by atoms with Crippen LogP contribution in [-0.2, 0) is 19.1 Å². The standard InChI is InChI=1S/C22H21FN2O6/c1-30-21(28)16-8-5-14(11-18(16)23)13-3-6-15(7-4-13)24-19-17(22(29)31-2)12-25(9-10-26)20(19)27/h3-8,11,24,26H,9-10,12H2,1-2H3. The summed E-state index contributed by atoms with van der Waals surface area (Å²) in [7, 11) is 2.41. The predicted octanol–water partition coefficient (Wildman–Crippen LogP) is 1.95. The second-order valence-corrected chi connectivity index (χ2v) is 6.68. The molecule has 0 atom stereocenters. The van der Waals surface area contributed by atoms with Gasteiger partial charge in [0.1, 0.15) is 11.5 Å². The summed E-state index contributed by atoms with van der Waals surface area (Å²) in [5.41, 5.74) is 1.87. The molecule has 0 fully saturated rings. The summed E-state index contributed by atoms with van der Waals surface area (Å²) in [6.07, 6.45) is 0. The van der Waals surface area contributed by atoms with E-state index in [9.17, 15) is 18.8 Å². The summed E-state index contributed by atoms with van der Waals surface area (Å²) < 4.78 is 23.5. The molecule has 3 rings (SSSR count). The van der Waals surface area contributed by atoms with Gasteiger partial charge in [0.25, 0.3) is 5.91 Å². The Morgan fingerprint density at radius 2 is 1.71 bits per heavy atom. The van der Waals surface area contributed by atoms with Gasteiger partial charge in [-0.2, -0.15) is 0 Å². The number of hydrogen-bond acceptors (Lipinski definition) is 7. The fourth-order valence-corrected chi connectivity index (χ4v) is 3.21. The van der Waals surface area contributed by atoms with Crippen LogP contribution in [0.2, 0.25) is 0 Å². The van der Waals surface area contributed by atoms with Gasteiger partial charge in [0.2, 0.25) is 0 Å². The van der Waals surface area contributed by atoms with Crippen molar-refractivity contribution in [2.24, 2.45) is 0 Å². The van der Waals surface area contributed by atoms with Gasteiger partial charge in [-0.3, -0.25) is 4.79 Å². The molecule has 0 bridgehead atoms. The van der Waals surface area contributed by atoms with Crippen LogP contribution >= 0.6 is 0 Å². The molecule has 0 radical (unpaired) electrons. The molecule has 0 saturated heterocycles. The number of carbonyl (C=O) groups excluding carboxylic acids is 3. The average molecular weight is 428 g/mol. The Balaban J connectivity index is 1.83. The summed E-state index contributed by atoms with van der Waals surface area (Å²) in [4.78, 5) is 37.5. The van der Waals surface area contributed by atoms with Gasteiger partial charge < -0.3 is 24.8 Å². The van der Waals surface area contributed by atoms with E-state index >= 15 is 0 Å². The van der Waals surface area contributed by atoms with Gasteiger partial charge in [0.05, 0.1) is 38.5 Å². The summed E-state index contributed by atoms with van der Waals surface area (Å²) in [6, 6.07) is 10.9. The van der Waals surface area contributed by atoms with Crippen molar-refractivity contribution in [3.05, 3.63) is 65.1 Å². The highest BCUT2D eigenvalue weighted by molar-refractivity contribution is 6.08. The maximum absolute atomic E-state index is 14.2. The molecule has 31 heavy (non-hydrogen) atoms. The summed E-state index contributed by atoms with van der Waals surface area (Å²) in [5.74, 6) is -2.50. The average Bonchev–Trinajstić information content (AvgIpc) is 3.08. The highest BCUT2D eigenvalue weighted by atomic mass is 19.1. The third-order valence-electron chi connectivity index (χ3n) is 4.82. The highest BCUT2D eigenvalue weighted by Gasteiger charge is 2.34. The number of anilines is 1. The Labute approximate surface area is 177 Å². The van der Waals surface area contributed by atoms with Gasteiger partial charge in [-0.25, -0.2) is 14.0 Å². The highest BCUT2D eigenvalue weighted by Crippen LogP contribution is 2.26. The minimum absolute atomic E-state index is 0.0400. The normalized spacial score (nSPS) is 13.4. The Hall–Kier alpha value is -3.72. The van der Waals surface area contributed by atoms with Crippen molar-refractivity contribution >= 4 is 23.5 Å². The van der Waals surface area contributed by atoms with E-state index in [-0.39, 0.29) is 36.5 Å². The van der Waals surface area contributed by atoms with Crippen LogP contribution in [0.1, 0.15) is 10.4 Å². The number of ether oxygens (including phenoxy) is 2. The maximum atomic E-state index is 14.2. The van der Waals surface area contributed by atoms with Crippen LogP contribution in [0.25, 0.3) is 11.1 Å². The van der Waals surface area contributed by atoms with Crippen LogP contribution < -0.4 is 5.32 Å². The van der Waals surface area contributed by atoms with Crippen LogP contribution in [0, 0.1) is 5.82 Å². The molecule has 1 aliphatic rings. The lowest BCUT2D eigenvalue weighted by atomic mass is 10.0. The van der Waals surface area contributed by atoms with E-state index in [2.05, 4.69) is 10.1 Å². The molecular formula is C22H21FN2O6. The van der Waals surface area contributed by atoms with E-state index in [0.29, 0.717) is 16.8 Å². The molecule has 0 aromatic heterocycles. The van der Waals surface area contributed by atoms with Crippen molar-refractivity contribution in [3.8, 4) is 11.1 Å². The topological polar surface area (TPSA) is 105 Å². The zero-order chi connectivity index (χ0) is 22.5. The van der Waals surface area contributed by atoms with Gasteiger partial charge in [0.15, 0.2) is 0 Å². The number of benzene rings is 2. The number of hydrogen-bond donors (Lipinski definition) is 2. The lowest BCUT2D eigenvalue weighted by Gasteiger charge is -2.15. The zero-order valence-electron chi connectivity index (χ0n) is 17.0. The van der Waals surface area contributed by atoms with Crippen molar-refractivity contribution in [1.82, 2.24) is 4.90 Å². The molecule has 1 amide bonds. The van der Waals surface area contributed by atoms with Crippen molar-refractivity contribution in [1.29, 1.82) is 0 Å². The molecule has 1 heterocycles. The first-order chi connectivity index (χ1) is 14.9. The van der Waals surface area contributed by atoms with E-state index < -0.39 is 23.7 Å². The molecule has 2 N–H and O–H groups in total. The molecule has 0 spiro atoms. The first-order valence-electron chi connectivity index (χ1n) is 9.36. The number of amides is 1. The van der Waals surface area contributed by atoms with Crippen LogP contribution in [0.15, 0.2) is 53.7 Å². The number of aliphatic hydroxyl groups is 1. The first kappa shape index (κ1) is 22.0. The van der Waals surface area contributed by atoms with Crippen LogP contribution in [0.5, 0.6) is 0 Å². The minimum atomic E-state index is -0.755. The zero-order valence-corrected chi connectivity index (χ0v) is 17.0. The number of esters is 2. The number of aliphatic hydroxyl groups excluding tert-OH is 1. The van der Waals surface area contributed by atoms with Gasteiger partial charge >= 0.3 is 11.9 Å². The smallest absolute Gasteiger partial charge is 0.340 e. The second-order valence-electron chi connectivity index (χ2n) is 6.68. The molecule has 1 aliphatic heterocycles. The van der Waals surface area contributed by atoms with Crippen LogP contribution in [0.4, 0.5) is 10.1 Å². The van der Waals surface area contributed by atoms with Gasteiger partial charge in [0, 0.05) is 12.2 Å². The third-order valence-corrected chi connectivity index (χ3v) is 4.82. The van der Waals surface area contributed by atoms with Crippen LogP contribution in [0.3, 0.4) is 0 Å². The molecule has 8 nitrogen and oxygen atoms in total. The first-order valence-corrected chi connectivity index (χ1v) is 9.36. The fourth-order valence-electron chi connectivity index (χ4n) is 3.21. The van der Waals surface area contributed by atoms with Crippen molar-refractivity contribution in [3.63, 3.8) is 0 Å². The number of nitrogens with one attached hydrogen (secondary N) is 1. The molecule has 162 valence electrons. The van der Waals surface area contributed by atoms with E-state index in [0.717, 1.165) is 0 Å². The number of nitrogens with zero attached hydrogens (tertiary/aromatic N) is 1. The molecular weight excluding hydrogens is 407 g/mol. The Morgan fingerprint density at radius 1 is 1.06 bits per heavy atom. The van der Waals surface area contributed by atoms with Crippen molar-refractivity contribution in [2.75, 3.05) is 39.2 Å². The molecule has 0 unspecified atom stereocenters. The second kappa shape index (κ2) is 9.40. The molecule has 2 aromatic rings. The summed E-state index contributed by atoms with van der Waals surface area (Å²) in [5, 5.41) is 12.1. The van der Waals surface area contributed by atoms with Gasteiger partial charge in [-0.05, 0) is 35.4 Å². The van der Waals surface area contributed by atoms with E-state index in [4.69, 9.17) is 9.84 Å². The Kier molecular flexibility index (Phi) is 6.66. The number of halogens is 1. The van der Waals surface area contributed by atoms with E-state index in [1.807, 2.05) is 0 Å². The Bertz CT molecular complexity index is 1050. The van der Waals surface area contributed by atoms with Crippen molar-refractivity contribution < 1.29 is 33.4 Å². The number of carbonyl (C=O) groups is 3. The van der Waals surface area contributed by atoms with Gasteiger partial charge in [-0.15, -0.1) is 0 Å². The maximum Gasteiger partial charge on any atom is 0.340 e. The Morgan fingerprint density at radius 3 is 2.29 bits per heavy atom.